The first-order chi connectivity index (χ1) is 12.7. The number of ether oxygens (including phenoxy) is 2. The molecule has 0 N–H and O–H groups in total. The molecule has 1 aliphatic carbocycles. The van der Waals surface area contributed by atoms with E-state index in [1.807, 2.05) is 6.07 Å². The molecule has 26 heavy (non-hydrogen) atoms. The van der Waals surface area contributed by atoms with Crippen molar-refractivity contribution in [3.05, 3.63) is 39.9 Å². The van der Waals surface area contributed by atoms with Gasteiger partial charge in [0.05, 0.1) is 19.2 Å². The second-order valence-electron chi connectivity index (χ2n) is 6.11. The first-order valence-electron chi connectivity index (χ1n) is 8.41. The number of aryl methyl sites for hydroxylation is 1. The average Bonchev–Trinajstić information content (AvgIpc) is 3.29. The summed E-state index contributed by atoms with van der Waals surface area (Å²) in [6, 6.07) is 3.66. The Morgan fingerprint density at radius 1 is 1.08 bits per heavy atom. The zero-order valence-corrected chi connectivity index (χ0v) is 15.3. The van der Waals surface area contributed by atoms with Crippen LogP contribution in [-0.2, 0) is 19.3 Å². The van der Waals surface area contributed by atoms with Crippen LogP contribution in [0.4, 0.5) is 0 Å². The standard InChI is InChI=1S/C18H18ClN3O4/c1-23-13-8-7-10(15(19)17(13)24-2)9-14-20-18(26-21-14)16-11-5-3-4-6-12(11)25-22-16/h7-8H,3-6,9H2,1-2H3. The van der Waals surface area contributed by atoms with E-state index in [2.05, 4.69) is 15.3 Å². The van der Waals surface area contributed by atoms with E-state index in [9.17, 15) is 0 Å². The molecular weight excluding hydrogens is 358 g/mol. The predicted octanol–water partition coefficient (Wildman–Crippen LogP) is 3.86. The van der Waals surface area contributed by atoms with Crippen LogP contribution in [0.2, 0.25) is 5.02 Å². The van der Waals surface area contributed by atoms with Gasteiger partial charge in [-0.25, -0.2) is 0 Å². The van der Waals surface area contributed by atoms with Crippen molar-refractivity contribution in [1.82, 2.24) is 15.3 Å². The summed E-state index contributed by atoms with van der Waals surface area (Å²) in [5.74, 6) is 2.88. The Labute approximate surface area is 155 Å². The second kappa shape index (κ2) is 6.99. The molecule has 0 spiro atoms. The van der Waals surface area contributed by atoms with Gasteiger partial charge in [-0.05, 0) is 30.9 Å². The number of rotatable bonds is 5. The molecule has 0 amide bonds. The molecule has 8 heteroatoms. The van der Waals surface area contributed by atoms with Gasteiger partial charge in [0.15, 0.2) is 23.0 Å². The SMILES string of the molecule is COc1ccc(Cc2noc(-c3noc4c3CCCC4)n2)c(Cl)c1OC. The molecule has 0 fully saturated rings. The van der Waals surface area contributed by atoms with Crippen LogP contribution in [-0.4, -0.2) is 29.5 Å². The first kappa shape index (κ1) is 16.9. The van der Waals surface area contributed by atoms with Gasteiger partial charge in [-0.1, -0.05) is 28.0 Å². The summed E-state index contributed by atoms with van der Waals surface area (Å²) in [4.78, 5) is 4.46. The van der Waals surface area contributed by atoms with Crippen LogP contribution < -0.4 is 9.47 Å². The van der Waals surface area contributed by atoms with Crippen LogP contribution in [0.15, 0.2) is 21.2 Å². The molecule has 136 valence electrons. The van der Waals surface area contributed by atoms with Gasteiger partial charge in [0.25, 0.3) is 5.89 Å². The van der Waals surface area contributed by atoms with E-state index < -0.39 is 0 Å². The molecule has 0 atom stereocenters. The van der Waals surface area contributed by atoms with Crippen LogP contribution in [0.1, 0.15) is 35.6 Å². The third-order valence-corrected chi connectivity index (χ3v) is 4.95. The number of nitrogens with zero attached hydrogens (tertiary/aromatic N) is 3. The fraction of sp³-hybridized carbons (Fsp3) is 0.389. The number of benzene rings is 1. The van der Waals surface area contributed by atoms with Gasteiger partial charge in [0.1, 0.15) is 5.76 Å². The minimum absolute atomic E-state index is 0.378. The molecule has 2 aromatic heterocycles. The van der Waals surface area contributed by atoms with E-state index in [1.54, 1.807) is 20.3 Å². The Kier molecular flexibility index (Phi) is 4.55. The van der Waals surface area contributed by atoms with Crippen LogP contribution in [0.3, 0.4) is 0 Å². The Bertz CT molecular complexity index is 935. The molecule has 0 saturated heterocycles. The smallest absolute Gasteiger partial charge is 0.280 e. The monoisotopic (exact) mass is 375 g/mol. The van der Waals surface area contributed by atoms with Crippen LogP contribution in [0.25, 0.3) is 11.6 Å². The fourth-order valence-electron chi connectivity index (χ4n) is 3.21. The molecule has 0 saturated carbocycles. The summed E-state index contributed by atoms with van der Waals surface area (Å²) in [5.41, 5.74) is 2.55. The first-order valence-corrected chi connectivity index (χ1v) is 8.78. The number of halogens is 1. The van der Waals surface area contributed by atoms with Gasteiger partial charge in [-0.15, -0.1) is 0 Å². The maximum Gasteiger partial charge on any atom is 0.280 e. The van der Waals surface area contributed by atoms with Crippen LogP contribution in [0, 0.1) is 0 Å². The summed E-state index contributed by atoms with van der Waals surface area (Å²) in [7, 11) is 3.12. The quantitative estimate of drug-likeness (QED) is 0.669. The number of hydrogen-bond acceptors (Lipinski definition) is 7. The van der Waals surface area contributed by atoms with Gasteiger partial charge in [0.2, 0.25) is 0 Å². The Hall–Kier alpha value is -2.54. The molecule has 0 aliphatic heterocycles. The Morgan fingerprint density at radius 3 is 2.73 bits per heavy atom. The normalized spacial score (nSPS) is 13.5. The highest BCUT2D eigenvalue weighted by Gasteiger charge is 2.24. The molecule has 0 radical (unpaired) electrons. The summed E-state index contributed by atoms with van der Waals surface area (Å²) in [6.45, 7) is 0. The third-order valence-electron chi connectivity index (χ3n) is 4.53. The maximum absolute atomic E-state index is 6.43. The zero-order valence-electron chi connectivity index (χ0n) is 14.5. The number of hydrogen-bond donors (Lipinski definition) is 0. The molecule has 0 unspecified atom stereocenters. The van der Waals surface area contributed by atoms with Crippen LogP contribution in [0.5, 0.6) is 11.5 Å². The molecule has 7 nitrogen and oxygen atoms in total. The number of methoxy groups -OCH3 is 2. The average molecular weight is 376 g/mol. The van der Waals surface area contributed by atoms with E-state index in [1.165, 1.54) is 0 Å². The lowest BCUT2D eigenvalue weighted by molar-refractivity contribution is 0.354. The van der Waals surface area contributed by atoms with Crippen molar-refractivity contribution in [2.24, 2.45) is 0 Å². The van der Waals surface area contributed by atoms with Gasteiger partial charge >= 0.3 is 0 Å². The van der Waals surface area contributed by atoms with Crippen molar-refractivity contribution in [1.29, 1.82) is 0 Å². The minimum atomic E-state index is 0.378. The van der Waals surface area contributed by atoms with Gasteiger partial charge in [-0.2, -0.15) is 4.98 Å². The van der Waals surface area contributed by atoms with Crippen molar-refractivity contribution in [3.63, 3.8) is 0 Å². The number of aromatic nitrogens is 3. The van der Waals surface area contributed by atoms with E-state index in [0.29, 0.717) is 40.4 Å². The fourth-order valence-corrected chi connectivity index (χ4v) is 3.51. The highest BCUT2D eigenvalue weighted by Crippen LogP contribution is 2.38. The van der Waals surface area contributed by atoms with Crippen LogP contribution >= 0.6 is 11.6 Å². The topological polar surface area (TPSA) is 83.4 Å². The van der Waals surface area contributed by atoms with Gasteiger partial charge in [-0.3, -0.25) is 0 Å². The molecule has 3 aromatic rings. The van der Waals surface area contributed by atoms with Crippen molar-refractivity contribution in [2.75, 3.05) is 14.2 Å². The minimum Gasteiger partial charge on any atom is -0.493 e. The molecule has 1 aliphatic rings. The predicted molar refractivity (Wildman–Crippen MR) is 93.8 cm³/mol. The lowest BCUT2D eigenvalue weighted by Gasteiger charge is -2.11. The van der Waals surface area contributed by atoms with E-state index >= 15 is 0 Å². The Morgan fingerprint density at radius 2 is 1.92 bits per heavy atom. The Balaban J connectivity index is 1.61. The molecule has 4 rings (SSSR count). The highest BCUT2D eigenvalue weighted by molar-refractivity contribution is 6.33. The highest BCUT2D eigenvalue weighted by atomic mass is 35.5. The van der Waals surface area contributed by atoms with E-state index in [4.69, 9.17) is 30.1 Å². The summed E-state index contributed by atoms with van der Waals surface area (Å²) >= 11 is 6.43. The maximum atomic E-state index is 6.43. The third kappa shape index (κ3) is 2.92. The number of fused-ring (bicyclic) bond motifs is 1. The van der Waals surface area contributed by atoms with E-state index in [-0.39, 0.29) is 0 Å². The molecule has 0 bridgehead atoms. The summed E-state index contributed by atoms with van der Waals surface area (Å²) < 4.78 is 21.4. The van der Waals surface area contributed by atoms with Crippen molar-refractivity contribution in [3.8, 4) is 23.1 Å². The van der Waals surface area contributed by atoms with Gasteiger partial charge in [0, 0.05) is 18.4 Å². The molecule has 2 heterocycles. The van der Waals surface area contributed by atoms with E-state index in [0.717, 1.165) is 42.6 Å². The second-order valence-corrected chi connectivity index (χ2v) is 6.48. The summed E-state index contributed by atoms with van der Waals surface area (Å²) in [6.07, 6.45) is 4.47. The largest absolute Gasteiger partial charge is 0.493 e. The molecule has 1 aromatic carbocycles. The lowest BCUT2D eigenvalue weighted by Crippen LogP contribution is -2.00. The summed E-state index contributed by atoms with van der Waals surface area (Å²) in [5, 5.41) is 8.65. The van der Waals surface area contributed by atoms with Crippen molar-refractivity contribution in [2.45, 2.75) is 32.1 Å². The zero-order chi connectivity index (χ0) is 18.1. The van der Waals surface area contributed by atoms with Gasteiger partial charge < -0.3 is 18.5 Å². The lowest BCUT2D eigenvalue weighted by atomic mass is 9.96. The molecular formula is C18H18ClN3O4. The van der Waals surface area contributed by atoms with Crippen molar-refractivity contribution >= 4 is 11.6 Å². The van der Waals surface area contributed by atoms with Crippen molar-refractivity contribution < 1.29 is 18.5 Å².